The van der Waals surface area contributed by atoms with Crippen molar-refractivity contribution in [3.63, 3.8) is 0 Å². The molecule has 24 heavy (non-hydrogen) atoms. The Morgan fingerprint density at radius 3 is 2.29 bits per heavy atom. The molecule has 0 saturated carbocycles. The first kappa shape index (κ1) is 18.3. The molecular formula is C16H19F3N2O3. The van der Waals surface area contributed by atoms with Crippen LogP contribution < -0.4 is 5.32 Å². The molecule has 1 aromatic rings. The summed E-state index contributed by atoms with van der Waals surface area (Å²) in [6, 6.07) is 0.808. The second-order valence-electron chi connectivity index (χ2n) is 5.88. The van der Waals surface area contributed by atoms with Crippen molar-refractivity contribution in [2.45, 2.75) is 38.9 Å². The minimum Gasteiger partial charge on any atom is -0.375 e. The van der Waals surface area contributed by atoms with Gasteiger partial charge in [-0.25, -0.2) is 13.2 Å². The summed E-state index contributed by atoms with van der Waals surface area (Å²) >= 11 is 0. The van der Waals surface area contributed by atoms with E-state index in [2.05, 4.69) is 0 Å². The van der Waals surface area contributed by atoms with Crippen molar-refractivity contribution in [2.24, 2.45) is 0 Å². The van der Waals surface area contributed by atoms with Gasteiger partial charge in [-0.1, -0.05) is 0 Å². The summed E-state index contributed by atoms with van der Waals surface area (Å²) in [4.78, 5) is 25.3. The molecule has 8 heteroatoms. The lowest BCUT2D eigenvalue weighted by molar-refractivity contribution is -0.145. The summed E-state index contributed by atoms with van der Waals surface area (Å²) in [6.45, 7) is 4.51. The number of nitrogens with one attached hydrogen (secondary N) is 1. The van der Waals surface area contributed by atoms with Gasteiger partial charge in [-0.05, 0) is 26.7 Å². The van der Waals surface area contributed by atoms with Crippen molar-refractivity contribution in [2.75, 3.05) is 18.4 Å². The normalized spacial score (nSPS) is 15.7. The van der Waals surface area contributed by atoms with Gasteiger partial charge < -0.3 is 15.0 Å². The quantitative estimate of drug-likeness (QED) is 0.677. The zero-order chi connectivity index (χ0) is 17.9. The molecule has 0 spiro atoms. The highest BCUT2D eigenvalue weighted by atomic mass is 19.2. The van der Waals surface area contributed by atoms with E-state index in [0.29, 0.717) is 38.1 Å². The zero-order valence-electron chi connectivity index (χ0n) is 13.4. The number of nitrogens with zero attached hydrogens (tertiary/aromatic N) is 1. The predicted octanol–water partition coefficient (Wildman–Crippen LogP) is 2.46. The van der Waals surface area contributed by atoms with Gasteiger partial charge in [-0.2, -0.15) is 0 Å². The molecule has 2 rings (SSSR count). The van der Waals surface area contributed by atoms with E-state index in [-0.39, 0.29) is 12.2 Å². The van der Waals surface area contributed by atoms with E-state index in [1.807, 2.05) is 19.2 Å². The van der Waals surface area contributed by atoms with E-state index in [9.17, 15) is 22.8 Å². The number of carbonyl (C=O) groups is 2. The summed E-state index contributed by atoms with van der Waals surface area (Å²) in [7, 11) is 0. The van der Waals surface area contributed by atoms with Crippen molar-refractivity contribution in [1.82, 2.24) is 4.90 Å². The molecule has 1 aromatic carbocycles. The van der Waals surface area contributed by atoms with Crippen LogP contribution in [0.4, 0.5) is 18.9 Å². The third-order valence-electron chi connectivity index (χ3n) is 3.65. The van der Waals surface area contributed by atoms with Crippen LogP contribution >= 0.6 is 0 Å². The number of rotatable bonds is 3. The number of amides is 2. The number of hydrogen-bond donors (Lipinski definition) is 1. The second-order valence-corrected chi connectivity index (χ2v) is 5.88. The highest BCUT2D eigenvalue weighted by molar-refractivity contribution is 6.39. The summed E-state index contributed by atoms with van der Waals surface area (Å²) in [5, 5.41) is 1.98. The number of ether oxygens (including phenoxy) is 1. The number of anilines is 1. The maximum absolute atomic E-state index is 13.5. The second kappa shape index (κ2) is 7.65. The number of piperidine rings is 1. The monoisotopic (exact) mass is 344 g/mol. The maximum Gasteiger partial charge on any atom is 0.313 e. The van der Waals surface area contributed by atoms with Crippen LogP contribution in [0.15, 0.2) is 12.1 Å². The first-order valence-corrected chi connectivity index (χ1v) is 7.68. The minimum absolute atomic E-state index is 0.0285. The van der Waals surface area contributed by atoms with Crippen LogP contribution in [-0.4, -0.2) is 42.0 Å². The Hall–Kier alpha value is -2.09. The molecule has 0 atom stereocenters. The van der Waals surface area contributed by atoms with Gasteiger partial charge in [-0.15, -0.1) is 0 Å². The molecule has 1 aliphatic rings. The number of halogens is 3. The third-order valence-corrected chi connectivity index (χ3v) is 3.65. The number of likely N-dealkylation sites (tertiary alicyclic amines) is 1. The lowest BCUT2D eigenvalue weighted by atomic mass is 10.1. The molecule has 5 nitrogen and oxygen atoms in total. The molecule has 1 aliphatic heterocycles. The van der Waals surface area contributed by atoms with E-state index >= 15 is 0 Å². The first-order chi connectivity index (χ1) is 11.3. The lowest BCUT2D eigenvalue weighted by Gasteiger charge is -2.32. The van der Waals surface area contributed by atoms with E-state index in [4.69, 9.17) is 4.74 Å². The average Bonchev–Trinajstić information content (AvgIpc) is 2.52. The largest absolute Gasteiger partial charge is 0.375 e. The van der Waals surface area contributed by atoms with Crippen molar-refractivity contribution in [3.05, 3.63) is 29.6 Å². The van der Waals surface area contributed by atoms with Gasteiger partial charge in [0.15, 0.2) is 11.6 Å². The summed E-state index contributed by atoms with van der Waals surface area (Å²) in [5.74, 6) is -5.78. The Balaban J connectivity index is 1.94. The molecule has 0 radical (unpaired) electrons. The molecule has 1 heterocycles. The van der Waals surface area contributed by atoms with Crippen LogP contribution in [-0.2, 0) is 14.3 Å². The molecule has 1 saturated heterocycles. The van der Waals surface area contributed by atoms with Crippen LogP contribution in [0.3, 0.4) is 0 Å². The van der Waals surface area contributed by atoms with Crippen molar-refractivity contribution in [1.29, 1.82) is 0 Å². The molecule has 0 aliphatic carbocycles. The third kappa shape index (κ3) is 4.47. The van der Waals surface area contributed by atoms with Crippen molar-refractivity contribution < 1.29 is 27.5 Å². The zero-order valence-corrected chi connectivity index (χ0v) is 13.4. The lowest BCUT2D eigenvalue weighted by Crippen LogP contribution is -2.46. The SMILES string of the molecule is CC(C)OC1CCN(C(=O)C(=O)Nc2cc(F)c(F)cc2F)CC1. The van der Waals surface area contributed by atoms with Crippen molar-refractivity contribution in [3.8, 4) is 0 Å². The Bertz CT molecular complexity index is 629. The molecule has 0 aromatic heterocycles. The van der Waals surface area contributed by atoms with Crippen LogP contribution in [0, 0.1) is 17.5 Å². The molecule has 0 bridgehead atoms. The standard InChI is InChI=1S/C16H19F3N2O3/c1-9(2)24-10-3-5-21(6-4-10)16(23)15(22)20-14-8-12(18)11(17)7-13(14)19/h7-10H,3-6H2,1-2H3,(H,20,22). The van der Waals surface area contributed by atoms with Gasteiger partial charge in [0.25, 0.3) is 0 Å². The van der Waals surface area contributed by atoms with E-state index < -0.39 is 35.0 Å². The van der Waals surface area contributed by atoms with Gasteiger partial charge in [0, 0.05) is 25.2 Å². The fourth-order valence-corrected chi connectivity index (χ4v) is 2.52. The fraction of sp³-hybridized carbons (Fsp3) is 0.500. The maximum atomic E-state index is 13.5. The molecule has 132 valence electrons. The Morgan fingerprint density at radius 2 is 1.71 bits per heavy atom. The van der Waals surface area contributed by atoms with Crippen LogP contribution in [0.25, 0.3) is 0 Å². The number of hydrogen-bond acceptors (Lipinski definition) is 3. The van der Waals surface area contributed by atoms with Crippen molar-refractivity contribution >= 4 is 17.5 Å². The van der Waals surface area contributed by atoms with Gasteiger partial charge in [0.2, 0.25) is 0 Å². The molecule has 0 unspecified atom stereocenters. The van der Waals surface area contributed by atoms with Gasteiger partial charge >= 0.3 is 11.8 Å². The van der Waals surface area contributed by atoms with Crippen LogP contribution in [0.2, 0.25) is 0 Å². The number of benzene rings is 1. The topological polar surface area (TPSA) is 58.6 Å². The van der Waals surface area contributed by atoms with Gasteiger partial charge in [0.1, 0.15) is 5.82 Å². The van der Waals surface area contributed by atoms with Crippen LogP contribution in [0.5, 0.6) is 0 Å². The van der Waals surface area contributed by atoms with E-state index in [1.54, 1.807) is 0 Å². The summed E-state index contributed by atoms with van der Waals surface area (Å²) in [6.07, 6.45) is 1.30. The number of carbonyl (C=O) groups excluding carboxylic acids is 2. The Morgan fingerprint density at radius 1 is 1.12 bits per heavy atom. The highest BCUT2D eigenvalue weighted by Gasteiger charge is 2.28. The Labute approximate surface area is 137 Å². The molecule has 2 amide bonds. The highest BCUT2D eigenvalue weighted by Crippen LogP contribution is 2.19. The molecular weight excluding hydrogens is 325 g/mol. The molecule has 1 fully saturated rings. The van der Waals surface area contributed by atoms with E-state index in [0.717, 1.165) is 0 Å². The smallest absolute Gasteiger partial charge is 0.313 e. The average molecular weight is 344 g/mol. The molecule has 1 N–H and O–H groups in total. The predicted molar refractivity (Wildman–Crippen MR) is 80.8 cm³/mol. The van der Waals surface area contributed by atoms with Crippen LogP contribution in [0.1, 0.15) is 26.7 Å². The summed E-state index contributed by atoms with van der Waals surface area (Å²) in [5.41, 5.74) is -0.578. The Kier molecular flexibility index (Phi) is 5.82. The summed E-state index contributed by atoms with van der Waals surface area (Å²) < 4.78 is 45.1. The fourth-order valence-electron chi connectivity index (χ4n) is 2.52. The van der Waals surface area contributed by atoms with E-state index in [1.165, 1.54) is 4.90 Å². The first-order valence-electron chi connectivity index (χ1n) is 7.68. The van der Waals surface area contributed by atoms with Gasteiger partial charge in [0.05, 0.1) is 17.9 Å². The van der Waals surface area contributed by atoms with Gasteiger partial charge in [-0.3, -0.25) is 9.59 Å². The minimum atomic E-state index is -1.37.